The third-order valence-electron chi connectivity index (χ3n) is 4.46. The molecule has 0 aliphatic rings. The standard InChI is InChI=1S/C21H24N2O5S/c24-18(25)11-12-21(20(27)28,22-17-9-5-2-6-10-17)23-19(26)16(14-29)13-15-7-3-1-4-8-15/h1-10,16,22,29H,11-14H2,(H,23,26)(H,24,25)(H,27,28)/t16?,21-/m0/s1. The lowest BCUT2D eigenvalue weighted by atomic mass is 9.97. The van der Waals surface area contributed by atoms with Crippen LogP contribution in [0.15, 0.2) is 60.7 Å². The SMILES string of the molecule is O=C(O)CC[C@@](NC(=O)C(CS)Cc1ccccc1)(Nc1ccccc1)C(=O)O. The Morgan fingerprint density at radius 3 is 2.07 bits per heavy atom. The number of nitrogens with one attached hydrogen (secondary N) is 2. The summed E-state index contributed by atoms with van der Waals surface area (Å²) in [5.41, 5.74) is -0.593. The van der Waals surface area contributed by atoms with E-state index in [2.05, 4.69) is 23.3 Å². The molecular weight excluding hydrogens is 392 g/mol. The summed E-state index contributed by atoms with van der Waals surface area (Å²) in [6.45, 7) is 0. The van der Waals surface area contributed by atoms with Gasteiger partial charge in [-0.25, -0.2) is 4.79 Å². The molecule has 0 saturated carbocycles. The molecule has 2 atom stereocenters. The van der Waals surface area contributed by atoms with Gasteiger partial charge in [0.1, 0.15) is 0 Å². The van der Waals surface area contributed by atoms with Crippen molar-refractivity contribution in [2.75, 3.05) is 11.1 Å². The minimum atomic E-state index is -1.96. The summed E-state index contributed by atoms with van der Waals surface area (Å²) >= 11 is 4.25. The summed E-state index contributed by atoms with van der Waals surface area (Å²) in [5, 5.41) is 24.3. The highest BCUT2D eigenvalue weighted by Crippen LogP contribution is 2.21. The van der Waals surface area contributed by atoms with E-state index in [9.17, 15) is 19.5 Å². The first kappa shape index (κ1) is 22.3. The second-order valence-electron chi connectivity index (χ2n) is 6.65. The topological polar surface area (TPSA) is 116 Å². The summed E-state index contributed by atoms with van der Waals surface area (Å²) in [7, 11) is 0. The molecule has 29 heavy (non-hydrogen) atoms. The second kappa shape index (κ2) is 10.5. The van der Waals surface area contributed by atoms with Crippen molar-refractivity contribution in [1.29, 1.82) is 0 Å². The highest BCUT2D eigenvalue weighted by atomic mass is 32.1. The van der Waals surface area contributed by atoms with Crippen LogP contribution in [0, 0.1) is 5.92 Å². The van der Waals surface area contributed by atoms with Crippen LogP contribution < -0.4 is 10.6 Å². The van der Waals surface area contributed by atoms with E-state index < -0.39 is 35.8 Å². The van der Waals surface area contributed by atoms with Crippen LogP contribution in [0.1, 0.15) is 18.4 Å². The lowest BCUT2D eigenvalue weighted by molar-refractivity contribution is -0.148. The van der Waals surface area contributed by atoms with Gasteiger partial charge < -0.3 is 20.8 Å². The van der Waals surface area contributed by atoms with Crippen LogP contribution in [-0.4, -0.2) is 39.5 Å². The van der Waals surface area contributed by atoms with Crippen LogP contribution >= 0.6 is 12.6 Å². The lowest BCUT2D eigenvalue weighted by Crippen LogP contribution is -2.61. The third-order valence-corrected chi connectivity index (χ3v) is 4.90. The molecule has 1 unspecified atom stereocenters. The monoisotopic (exact) mass is 416 g/mol. The van der Waals surface area contributed by atoms with E-state index in [1.165, 1.54) is 0 Å². The van der Waals surface area contributed by atoms with Gasteiger partial charge in [0.25, 0.3) is 0 Å². The first-order chi connectivity index (χ1) is 13.9. The smallest absolute Gasteiger partial charge is 0.350 e. The fourth-order valence-corrected chi connectivity index (χ4v) is 3.18. The van der Waals surface area contributed by atoms with Crippen molar-refractivity contribution in [2.24, 2.45) is 5.92 Å². The van der Waals surface area contributed by atoms with E-state index in [1.54, 1.807) is 30.3 Å². The van der Waals surface area contributed by atoms with Gasteiger partial charge in [-0.1, -0.05) is 48.5 Å². The van der Waals surface area contributed by atoms with Crippen LogP contribution in [0.2, 0.25) is 0 Å². The van der Waals surface area contributed by atoms with Crippen LogP contribution in [0.3, 0.4) is 0 Å². The maximum atomic E-state index is 12.9. The van der Waals surface area contributed by atoms with Crippen molar-refractivity contribution >= 4 is 36.2 Å². The van der Waals surface area contributed by atoms with Crippen molar-refractivity contribution in [3.8, 4) is 0 Å². The molecule has 0 aliphatic carbocycles. The number of thiol groups is 1. The third kappa shape index (κ3) is 6.53. The van der Waals surface area contributed by atoms with Gasteiger partial charge in [0.15, 0.2) is 0 Å². The van der Waals surface area contributed by atoms with E-state index in [4.69, 9.17) is 5.11 Å². The summed E-state index contributed by atoms with van der Waals surface area (Å²) < 4.78 is 0. The predicted octanol–water partition coefficient (Wildman–Crippen LogP) is 2.65. The van der Waals surface area contributed by atoms with Crippen molar-refractivity contribution in [3.05, 3.63) is 66.2 Å². The molecule has 8 heteroatoms. The number of hydrogen-bond donors (Lipinski definition) is 5. The van der Waals surface area contributed by atoms with Gasteiger partial charge in [-0.3, -0.25) is 9.59 Å². The Hall–Kier alpha value is -3.00. The van der Waals surface area contributed by atoms with Gasteiger partial charge in [0.2, 0.25) is 11.6 Å². The summed E-state index contributed by atoms with van der Waals surface area (Å²) in [5.74, 6) is -3.41. The maximum Gasteiger partial charge on any atom is 0.350 e. The van der Waals surface area contributed by atoms with Crippen molar-refractivity contribution in [2.45, 2.75) is 24.9 Å². The van der Waals surface area contributed by atoms with Gasteiger partial charge in [-0.05, 0) is 24.1 Å². The summed E-state index contributed by atoms with van der Waals surface area (Å²) in [4.78, 5) is 36.2. The fraction of sp³-hybridized carbons (Fsp3) is 0.286. The first-order valence-corrected chi connectivity index (χ1v) is 9.75. The molecule has 2 aromatic carbocycles. The van der Waals surface area contributed by atoms with Crippen molar-refractivity contribution in [1.82, 2.24) is 5.32 Å². The molecule has 0 spiro atoms. The van der Waals surface area contributed by atoms with E-state index in [-0.39, 0.29) is 12.2 Å². The normalized spacial score (nSPS) is 13.7. The zero-order chi connectivity index (χ0) is 21.3. The fourth-order valence-electron chi connectivity index (χ4n) is 2.88. The first-order valence-electron chi connectivity index (χ1n) is 9.11. The van der Waals surface area contributed by atoms with E-state index in [1.807, 2.05) is 30.3 Å². The van der Waals surface area contributed by atoms with Gasteiger partial charge in [0, 0.05) is 24.3 Å². The maximum absolute atomic E-state index is 12.9. The molecule has 4 N–H and O–H groups in total. The number of carboxylic acids is 2. The van der Waals surface area contributed by atoms with Crippen molar-refractivity contribution < 1.29 is 24.6 Å². The summed E-state index contributed by atoms with van der Waals surface area (Å²) in [6, 6.07) is 17.8. The Morgan fingerprint density at radius 2 is 1.55 bits per heavy atom. The number of para-hydroxylation sites is 1. The Bertz CT molecular complexity index is 831. The van der Waals surface area contributed by atoms with Gasteiger partial charge in [-0.15, -0.1) is 0 Å². The highest BCUT2D eigenvalue weighted by Gasteiger charge is 2.41. The Morgan fingerprint density at radius 1 is 0.966 bits per heavy atom. The molecule has 0 saturated heterocycles. The number of aliphatic carboxylic acids is 2. The largest absolute Gasteiger partial charge is 0.481 e. The number of carboxylic acid groups (broad SMARTS) is 2. The van der Waals surface area contributed by atoms with Crippen molar-refractivity contribution in [3.63, 3.8) is 0 Å². The van der Waals surface area contributed by atoms with E-state index in [0.717, 1.165) is 5.56 Å². The van der Waals surface area contributed by atoms with Gasteiger partial charge in [-0.2, -0.15) is 12.6 Å². The molecule has 0 radical (unpaired) electrons. The minimum Gasteiger partial charge on any atom is -0.481 e. The lowest BCUT2D eigenvalue weighted by Gasteiger charge is -2.33. The number of hydrogen-bond acceptors (Lipinski definition) is 5. The average molecular weight is 416 g/mol. The Labute approximate surface area is 174 Å². The molecule has 2 aromatic rings. The van der Waals surface area contributed by atoms with Gasteiger partial charge >= 0.3 is 11.9 Å². The molecule has 0 aliphatic heterocycles. The number of benzene rings is 2. The molecule has 0 aromatic heterocycles. The zero-order valence-corrected chi connectivity index (χ0v) is 16.6. The molecule has 1 amide bonds. The van der Waals surface area contributed by atoms with Gasteiger partial charge in [0.05, 0.1) is 5.92 Å². The molecule has 0 fully saturated rings. The van der Waals surface area contributed by atoms with Crippen LogP contribution in [0.5, 0.6) is 0 Å². The number of carbonyl (C=O) groups excluding carboxylic acids is 1. The van der Waals surface area contributed by atoms with Crippen LogP contribution in [0.4, 0.5) is 5.69 Å². The molecule has 0 heterocycles. The van der Waals surface area contributed by atoms with Crippen LogP contribution in [-0.2, 0) is 20.8 Å². The predicted molar refractivity (Wildman–Crippen MR) is 113 cm³/mol. The molecule has 154 valence electrons. The van der Waals surface area contributed by atoms with E-state index in [0.29, 0.717) is 12.1 Å². The Balaban J connectivity index is 2.26. The van der Waals surface area contributed by atoms with Crippen LogP contribution in [0.25, 0.3) is 0 Å². The molecule has 2 rings (SSSR count). The zero-order valence-electron chi connectivity index (χ0n) is 15.7. The number of amides is 1. The Kier molecular flexibility index (Phi) is 8.09. The minimum absolute atomic E-state index is 0.209. The number of anilines is 1. The number of carbonyl (C=O) groups is 3. The summed E-state index contributed by atoms with van der Waals surface area (Å²) in [6.07, 6.45) is -0.379. The average Bonchev–Trinajstić information content (AvgIpc) is 2.71. The molecule has 0 bridgehead atoms. The quantitative estimate of drug-likeness (QED) is 0.284. The highest BCUT2D eigenvalue weighted by molar-refractivity contribution is 7.80. The molecule has 7 nitrogen and oxygen atoms in total. The van der Waals surface area contributed by atoms with E-state index >= 15 is 0 Å². The second-order valence-corrected chi connectivity index (χ2v) is 7.02. The molecular formula is C21H24N2O5S. The number of rotatable bonds is 11.